The van der Waals surface area contributed by atoms with E-state index in [1.54, 1.807) is 0 Å². The van der Waals surface area contributed by atoms with Gasteiger partial charge in [-0.05, 0) is 37.5 Å². The van der Waals surface area contributed by atoms with Crippen molar-refractivity contribution >= 4 is 0 Å². The molecule has 2 unspecified atom stereocenters. The number of hydrogen-bond acceptors (Lipinski definition) is 2. The van der Waals surface area contributed by atoms with E-state index < -0.39 is 0 Å². The Morgan fingerprint density at radius 1 is 1.36 bits per heavy atom. The third-order valence-electron chi connectivity index (χ3n) is 3.77. The van der Waals surface area contributed by atoms with E-state index in [9.17, 15) is 5.11 Å². The second kappa shape index (κ2) is 1.80. The van der Waals surface area contributed by atoms with Crippen LogP contribution in [0.2, 0.25) is 0 Å². The van der Waals surface area contributed by atoms with Crippen LogP contribution >= 0.6 is 0 Å². The van der Waals surface area contributed by atoms with Crippen LogP contribution in [0.25, 0.3) is 0 Å². The second-order valence-corrected chi connectivity index (χ2v) is 4.37. The molecule has 0 aromatic carbocycles. The zero-order valence-electron chi connectivity index (χ0n) is 6.73. The number of aliphatic hydroxyl groups excluding tert-OH is 1. The highest BCUT2D eigenvalue weighted by Gasteiger charge is 2.63. The fraction of sp³-hybridized carbons (Fsp3) is 1.00. The Hall–Kier alpha value is -0.0800. The summed E-state index contributed by atoms with van der Waals surface area (Å²) in [5.74, 6) is 2.04. The number of hydrogen-bond donors (Lipinski definition) is 1. The van der Waals surface area contributed by atoms with E-state index in [1.165, 1.54) is 12.8 Å². The molecule has 0 spiro atoms. The normalized spacial score (nSPS) is 61.1. The molecule has 1 saturated heterocycles. The Balaban J connectivity index is 1.82. The smallest absolute Gasteiger partial charge is 0.0876 e. The molecule has 2 heteroatoms. The molecule has 0 aromatic rings. The van der Waals surface area contributed by atoms with E-state index >= 15 is 0 Å². The third-order valence-corrected chi connectivity index (χ3v) is 3.77. The van der Waals surface area contributed by atoms with Crippen molar-refractivity contribution < 1.29 is 9.84 Å². The maximum absolute atomic E-state index is 9.45. The molecule has 3 rings (SSSR count). The first-order chi connectivity index (χ1) is 5.27. The van der Waals surface area contributed by atoms with Crippen LogP contribution in [-0.4, -0.2) is 23.4 Å². The lowest BCUT2D eigenvalue weighted by atomic mass is 9.85. The van der Waals surface area contributed by atoms with E-state index in [-0.39, 0.29) is 6.10 Å². The van der Waals surface area contributed by atoms with E-state index in [4.69, 9.17) is 4.74 Å². The maximum Gasteiger partial charge on any atom is 0.0876 e. The molecule has 2 saturated carbocycles. The molecule has 2 bridgehead atoms. The Labute approximate surface area is 66.5 Å². The maximum atomic E-state index is 9.45. The van der Waals surface area contributed by atoms with Crippen molar-refractivity contribution in [1.82, 2.24) is 0 Å². The van der Waals surface area contributed by atoms with Crippen LogP contribution in [0, 0.1) is 17.8 Å². The van der Waals surface area contributed by atoms with Crippen molar-refractivity contribution in [2.24, 2.45) is 17.8 Å². The summed E-state index contributed by atoms with van der Waals surface area (Å²) in [6, 6.07) is 0. The lowest BCUT2D eigenvalue weighted by Gasteiger charge is -2.21. The highest BCUT2D eigenvalue weighted by molar-refractivity contribution is 5.11. The summed E-state index contributed by atoms with van der Waals surface area (Å²) in [4.78, 5) is 0. The minimum absolute atomic E-state index is 0.116. The van der Waals surface area contributed by atoms with Gasteiger partial charge in [0.25, 0.3) is 0 Å². The van der Waals surface area contributed by atoms with Crippen LogP contribution in [0.4, 0.5) is 0 Å². The van der Waals surface area contributed by atoms with Gasteiger partial charge < -0.3 is 9.84 Å². The first-order valence-corrected chi connectivity index (χ1v) is 4.61. The zero-order valence-corrected chi connectivity index (χ0v) is 6.73. The monoisotopic (exact) mass is 154 g/mol. The molecule has 1 aliphatic heterocycles. The topological polar surface area (TPSA) is 32.8 Å². The molecule has 6 atom stereocenters. The zero-order chi connectivity index (χ0) is 7.59. The standard InChI is InChI=1S/C9H14O2/c1-4(10)6-2-5-3-7(6)9-8(5)11-9/h4-10H,2-3H2,1H3/t4?,5-,6?,7-,8+,9-/m1/s1. The van der Waals surface area contributed by atoms with Crippen molar-refractivity contribution in [3.05, 3.63) is 0 Å². The molecular formula is C9H14O2. The van der Waals surface area contributed by atoms with Gasteiger partial charge in [0.05, 0.1) is 18.3 Å². The van der Waals surface area contributed by atoms with Gasteiger partial charge in [0.2, 0.25) is 0 Å². The average Bonchev–Trinajstić information content (AvgIpc) is 2.57. The number of fused-ring (bicyclic) bond motifs is 5. The molecule has 11 heavy (non-hydrogen) atoms. The Morgan fingerprint density at radius 2 is 2.18 bits per heavy atom. The van der Waals surface area contributed by atoms with Crippen LogP contribution in [0.15, 0.2) is 0 Å². The summed E-state index contributed by atoms with van der Waals surface area (Å²) in [5.41, 5.74) is 0. The van der Waals surface area contributed by atoms with Gasteiger partial charge in [-0.2, -0.15) is 0 Å². The first-order valence-electron chi connectivity index (χ1n) is 4.61. The molecular weight excluding hydrogens is 140 g/mol. The van der Waals surface area contributed by atoms with E-state index in [2.05, 4.69) is 0 Å². The van der Waals surface area contributed by atoms with E-state index in [0.717, 1.165) is 5.92 Å². The highest BCUT2D eigenvalue weighted by atomic mass is 16.6. The van der Waals surface area contributed by atoms with Gasteiger partial charge in [0, 0.05) is 0 Å². The summed E-state index contributed by atoms with van der Waals surface area (Å²) in [7, 11) is 0. The quantitative estimate of drug-likeness (QED) is 0.566. The van der Waals surface area contributed by atoms with Gasteiger partial charge in [-0.1, -0.05) is 0 Å². The highest BCUT2D eigenvalue weighted by Crippen LogP contribution is 2.59. The molecule has 1 heterocycles. The van der Waals surface area contributed by atoms with Crippen LogP contribution in [-0.2, 0) is 4.74 Å². The summed E-state index contributed by atoms with van der Waals surface area (Å²) in [6.07, 6.45) is 3.58. The molecule has 2 aliphatic carbocycles. The number of aliphatic hydroxyl groups is 1. The Morgan fingerprint density at radius 3 is 2.73 bits per heavy atom. The van der Waals surface area contributed by atoms with Crippen LogP contribution in [0.1, 0.15) is 19.8 Å². The minimum Gasteiger partial charge on any atom is -0.393 e. The molecule has 0 amide bonds. The Bertz CT molecular complexity index is 190. The van der Waals surface area contributed by atoms with Gasteiger partial charge in [0.15, 0.2) is 0 Å². The number of epoxide rings is 1. The average molecular weight is 154 g/mol. The molecule has 0 radical (unpaired) electrons. The fourth-order valence-electron chi connectivity index (χ4n) is 3.21. The minimum atomic E-state index is -0.116. The SMILES string of the molecule is CC(O)C1C[C@@H]2C[C@H]1[C@H]1O[C@@H]21. The summed E-state index contributed by atoms with van der Waals surface area (Å²) in [6.45, 7) is 1.92. The lowest BCUT2D eigenvalue weighted by Crippen LogP contribution is -2.26. The number of ether oxygens (including phenoxy) is 1. The van der Waals surface area contributed by atoms with Crippen LogP contribution in [0.5, 0.6) is 0 Å². The predicted octanol–water partition coefficient (Wildman–Crippen LogP) is 0.791. The van der Waals surface area contributed by atoms with Crippen molar-refractivity contribution in [3.63, 3.8) is 0 Å². The van der Waals surface area contributed by atoms with Crippen molar-refractivity contribution in [2.75, 3.05) is 0 Å². The summed E-state index contributed by atoms with van der Waals surface area (Å²) < 4.78 is 5.51. The van der Waals surface area contributed by atoms with Crippen molar-refractivity contribution in [2.45, 2.75) is 38.1 Å². The van der Waals surface area contributed by atoms with E-state index in [0.29, 0.717) is 24.0 Å². The van der Waals surface area contributed by atoms with Gasteiger partial charge in [-0.3, -0.25) is 0 Å². The third kappa shape index (κ3) is 0.695. The van der Waals surface area contributed by atoms with Gasteiger partial charge in [-0.25, -0.2) is 0 Å². The van der Waals surface area contributed by atoms with Crippen LogP contribution in [0.3, 0.4) is 0 Å². The van der Waals surface area contributed by atoms with E-state index in [1.807, 2.05) is 6.92 Å². The summed E-state index contributed by atoms with van der Waals surface area (Å²) >= 11 is 0. The largest absolute Gasteiger partial charge is 0.393 e. The predicted molar refractivity (Wildman–Crippen MR) is 40.0 cm³/mol. The van der Waals surface area contributed by atoms with Gasteiger partial charge in [-0.15, -0.1) is 0 Å². The Kier molecular flexibility index (Phi) is 1.06. The van der Waals surface area contributed by atoms with Gasteiger partial charge >= 0.3 is 0 Å². The molecule has 3 fully saturated rings. The molecule has 3 aliphatic rings. The molecule has 1 N–H and O–H groups in total. The summed E-state index contributed by atoms with van der Waals surface area (Å²) in [5, 5.41) is 9.45. The van der Waals surface area contributed by atoms with Crippen molar-refractivity contribution in [1.29, 1.82) is 0 Å². The fourth-order valence-corrected chi connectivity index (χ4v) is 3.21. The second-order valence-electron chi connectivity index (χ2n) is 4.37. The molecule has 0 aromatic heterocycles. The molecule has 2 nitrogen and oxygen atoms in total. The number of rotatable bonds is 1. The lowest BCUT2D eigenvalue weighted by molar-refractivity contribution is 0.0908. The first kappa shape index (κ1) is 6.44. The van der Waals surface area contributed by atoms with Crippen LogP contribution < -0.4 is 0 Å². The van der Waals surface area contributed by atoms with Crippen molar-refractivity contribution in [3.8, 4) is 0 Å². The van der Waals surface area contributed by atoms with Gasteiger partial charge in [0.1, 0.15) is 0 Å². The molecule has 62 valence electrons.